The molecule has 2 heterocycles. The van der Waals surface area contributed by atoms with Crippen LogP contribution in [0.2, 0.25) is 0 Å². The van der Waals surface area contributed by atoms with Crippen molar-refractivity contribution in [2.24, 2.45) is 0 Å². The van der Waals surface area contributed by atoms with E-state index in [4.69, 9.17) is 5.11 Å². The van der Waals surface area contributed by atoms with Gasteiger partial charge in [-0.05, 0) is 31.0 Å². The van der Waals surface area contributed by atoms with Crippen molar-refractivity contribution in [3.8, 4) is 0 Å². The lowest BCUT2D eigenvalue weighted by Gasteiger charge is -1.94. The summed E-state index contributed by atoms with van der Waals surface area (Å²) in [5.41, 5.74) is 2.25. The van der Waals surface area contributed by atoms with Gasteiger partial charge in [0.15, 0.2) is 0 Å². The van der Waals surface area contributed by atoms with Crippen LogP contribution in [0, 0.1) is 0 Å². The minimum Gasteiger partial charge on any atom is -0.478 e. The molecule has 4 nitrogen and oxygen atoms in total. The summed E-state index contributed by atoms with van der Waals surface area (Å²) in [5.74, 6) is -0.301. The average molecular weight is 202 g/mol. The molecule has 0 bridgehead atoms. The van der Waals surface area contributed by atoms with Gasteiger partial charge in [0.05, 0.1) is 16.8 Å². The van der Waals surface area contributed by atoms with Gasteiger partial charge in [-0.1, -0.05) is 0 Å². The van der Waals surface area contributed by atoms with Crippen LogP contribution in [-0.2, 0) is 0 Å². The first-order valence-corrected chi connectivity index (χ1v) is 4.97. The monoisotopic (exact) mass is 202 g/mol. The van der Waals surface area contributed by atoms with Gasteiger partial charge in [-0.3, -0.25) is 0 Å². The molecule has 0 spiro atoms. The average Bonchev–Trinajstić information content (AvgIpc) is 2.97. The van der Waals surface area contributed by atoms with Gasteiger partial charge in [-0.2, -0.15) is 5.10 Å². The molecule has 0 aliphatic heterocycles. The predicted octanol–water partition coefficient (Wildman–Crippen LogP) is 1.91. The molecule has 1 aliphatic carbocycles. The van der Waals surface area contributed by atoms with Gasteiger partial charge < -0.3 is 5.11 Å². The highest BCUT2D eigenvalue weighted by Gasteiger charge is 2.26. The van der Waals surface area contributed by atoms with Crippen LogP contribution < -0.4 is 0 Å². The molecule has 15 heavy (non-hydrogen) atoms. The lowest BCUT2D eigenvalue weighted by Crippen LogP contribution is -1.97. The van der Waals surface area contributed by atoms with Gasteiger partial charge in [0.1, 0.15) is 0 Å². The molecule has 1 N–H and O–H groups in total. The van der Waals surface area contributed by atoms with E-state index in [1.54, 1.807) is 22.8 Å². The molecule has 1 fully saturated rings. The molecule has 4 heteroatoms. The number of aromatic carboxylic acids is 1. The zero-order valence-corrected chi connectivity index (χ0v) is 8.05. The van der Waals surface area contributed by atoms with E-state index in [9.17, 15) is 4.79 Å². The van der Waals surface area contributed by atoms with E-state index in [2.05, 4.69) is 5.10 Å². The fourth-order valence-electron chi connectivity index (χ4n) is 1.73. The topological polar surface area (TPSA) is 54.6 Å². The highest BCUT2D eigenvalue weighted by atomic mass is 16.4. The largest absolute Gasteiger partial charge is 0.478 e. The Hall–Kier alpha value is -1.84. The van der Waals surface area contributed by atoms with E-state index in [1.165, 1.54) is 12.8 Å². The molecule has 1 saturated carbocycles. The summed E-state index contributed by atoms with van der Waals surface area (Å²) >= 11 is 0. The van der Waals surface area contributed by atoms with Crippen LogP contribution in [0.25, 0.3) is 5.52 Å². The standard InChI is InChI=1S/C11H10N2O2/c14-11(15)8-3-4-13-9(5-8)6-10(12-13)7-1-2-7/h3-7H,1-2H2,(H,14,15). The third-order valence-corrected chi connectivity index (χ3v) is 2.72. The third kappa shape index (κ3) is 1.38. The fourth-order valence-corrected chi connectivity index (χ4v) is 1.73. The van der Waals surface area contributed by atoms with Crippen molar-refractivity contribution in [1.29, 1.82) is 0 Å². The summed E-state index contributed by atoms with van der Waals surface area (Å²) in [6.07, 6.45) is 4.11. The van der Waals surface area contributed by atoms with E-state index in [0.29, 0.717) is 11.5 Å². The number of rotatable bonds is 2. The van der Waals surface area contributed by atoms with Crippen molar-refractivity contribution in [2.75, 3.05) is 0 Å². The molecule has 3 rings (SSSR count). The van der Waals surface area contributed by atoms with Crippen molar-refractivity contribution in [1.82, 2.24) is 9.61 Å². The molecular formula is C11H10N2O2. The first-order valence-electron chi connectivity index (χ1n) is 4.97. The number of hydrogen-bond donors (Lipinski definition) is 1. The summed E-state index contributed by atoms with van der Waals surface area (Å²) in [7, 11) is 0. The number of carbonyl (C=O) groups is 1. The van der Waals surface area contributed by atoms with Gasteiger partial charge in [-0.25, -0.2) is 9.31 Å². The molecular weight excluding hydrogens is 192 g/mol. The highest BCUT2D eigenvalue weighted by Crippen LogP contribution is 2.39. The van der Waals surface area contributed by atoms with E-state index >= 15 is 0 Å². The number of carboxylic acid groups (broad SMARTS) is 1. The maximum Gasteiger partial charge on any atom is 0.335 e. The van der Waals surface area contributed by atoms with E-state index in [0.717, 1.165) is 11.2 Å². The zero-order valence-electron chi connectivity index (χ0n) is 8.05. The Morgan fingerprint density at radius 2 is 2.27 bits per heavy atom. The second kappa shape index (κ2) is 2.82. The molecule has 0 atom stereocenters. The van der Waals surface area contributed by atoms with Crippen LogP contribution in [0.5, 0.6) is 0 Å². The lowest BCUT2D eigenvalue weighted by molar-refractivity contribution is 0.0697. The van der Waals surface area contributed by atoms with Gasteiger partial charge in [0, 0.05) is 12.1 Å². The van der Waals surface area contributed by atoms with Gasteiger partial charge in [-0.15, -0.1) is 0 Å². The van der Waals surface area contributed by atoms with Crippen molar-refractivity contribution < 1.29 is 9.90 Å². The van der Waals surface area contributed by atoms with Crippen LogP contribution in [0.4, 0.5) is 0 Å². The second-order valence-corrected chi connectivity index (χ2v) is 3.93. The minimum absolute atomic E-state index is 0.310. The van der Waals surface area contributed by atoms with Crippen LogP contribution in [-0.4, -0.2) is 20.7 Å². The first-order chi connectivity index (χ1) is 7.24. The Labute approximate surface area is 86.1 Å². The molecule has 1 aliphatic rings. The van der Waals surface area contributed by atoms with E-state index < -0.39 is 5.97 Å². The summed E-state index contributed by atoms with van der Waals surface area (Å²) in [5, 5.41) is 13.2. The second-order valence-electron chi connectivity index (χ2n) is 3.93. The van der Waals surface area contributed by atoms with E-state index in [1.807, 2.05) is 6.07 Å². The first kappa shape index (κ1) is 8.47. The van der Waals surface area contributed by atoms with Gasteiger partial charge in [0.2, 0.25) is 0 Å². The Kier molecular flexibility index (Phi) is 1.59. The minimum atomic E-state index is -0.897. The Morgan fingerprint density at radius 1 is 1.47 bits per heavy atom. The van der Waals surface area contributed by atoms with Gasteiger partial charge >= 0.3 is 5.97 Å². The molecule has 0 unspecified atom stereocenters. The molecule has 76 valence electrons. The van der Waals surface area contributed by atoms with Crippen LogP contribution in [0.3, 0.4) is 0 Å². The quantitative estimate of drug-likeness (QED) is 0.809. The SMILES string of the molecule is O=C(O)c1ccn2nc(C3CC3)cc2c1. The summed E-state index contributed by atoms with van der Waals surface area (Å²) < 4.78 is 1.74. The number of aromatic nitrogens is 2. The summed E-state index contributed by atoms with van der Waals surface area (Å²) in [6, 6.07) is 5.20. The van der Waals surface area contributed by atoms with Crippen LogP contribution in [0.15, 0.2) is 24.4 Å². The fraction of sp³-hybridized carbons (Fsp3) is 0.273. The summed E-state index contributed by atoms with van der Waals surface area (Å²) in [4.78, 5) is 10.8. The number of carboxylic acids is 1. The zero-order chi connectivity index (χ0) is 10.4. The predicted molar refractivity (Wildman–Crippen MR) is 54.1 cm³/mol. The highest BCUT2D eigenvalue weighted by molar-refractivity contribution is 5.88. The molecule has 2 aromatic rings. The van der Waals surface area contributed by atoms with Gasteiger partial charge in [0.25, 0.3) is 0 Å². The molecule has 2 aromatic heterocycles. The van der Waals surface area contributed by atoms with Crippen molar-refractivity contribution in [3.63, 3.8) is 0 Å². The Morgan fingerprint density at radius 3 is 2.93 bits per heavy atom. The lowest BCUT2D eigenvalue weighted by atomic mass is 10.2. The number of pyridine rings is 1. The number of hydrogen-bond acceptors (Lipinski definition) is 2. The van der Waals surface area contributed by atoms with Crippen molar-refractivity contribution in [2.45, 2.75) is 18.8 Å². The Balaban J connectivity index is 2.13. The van der Waals surface area contributed by atoms with Crippen LogP contribution >= 0.6 is 0 Å². The molecule has 0 aromatic carbocycles. The molecule has 0 radical (unpaired) electrons. The van der Waals surface area contributed by atoms with E-state index in [-0.39, 0.29) is 0 Å². The maximum absolute atomic E-state index is 10.8. The normalized spacial score (nSPS) is 15.7. The van der Waals surface area contributed by atoms with Crippen molar-refractivity contribution >= 4 is 11.5 Å². The summed E-state index contributed by atoms with van der Waals surface area (Å²) in [6.45, 7) is 0. The van der Waals surface area contributed by atoms with Crippen LogP contribution in [0.1, 0.15) is 34.8 Å². The number of nitrogens with zero attached hydrogens (tertiary/aromatic N) is 2. The maximum atomic E-state index is 10.8. The number of fused-ring (bicyclic) bond motifs is 1. The van der Waals surface area contributed by atoms with Crippen molar-refractivity contribution in [3.05, 3.63) is 35.7 Å². The molecule has 0 saturated heterocycles. The molecule has 0 amide bonds. The third-order valence-electron chi connectivity index (χ3n) is 2.72. The smallest absolute Gasteiger partial charge is 0.335 e. The Bertz CT molecular complexity index is 541.